The summed E-state index contributed by atoms with van der Waals surface area (Å²) in [7, 11) is 2.06. The van der Waals surface area contributed by atoms with Gasteiger partial charge in [-0.1, -0.05) is 23.7 Å². The molecule has 1 saturated heterocycles. The number of nitrogens with zero attached hydrogens (tertiary/aromatic N) is 5. The number of benzene rings is 1. The van der Waals surface area contributed by atoms with E-state index in [1.165, 1.54) is 28.1 Å². The summed E-state index contributed by atoms with van der Waals surface area (Å²) in [4.78, 5) is 14.2. The summed E-state index contributed by atoms with van der Waals surface area (Å²) in [5, 5.41) is 0.822. The van der Waals surface area contributed by atoms with Crippen molar-refractivity contribution in [2.24, 2.45) is 7.05 Å². The van der Waals surface area contributed by atoms with Gasteiger partial charge in [0.15, 0.2) is 0 Å². The van der Waals surface area contributed by atoms with Crippen LogP contribution in [-0.4, -0.2) is 50.5 Å². The number of hydrogen-bond acceptors (Lipinski definition) is 4. The van der Waals surface area contributed by atoms with Crippen LogP contribution >= 0.6 is 11.6 Å². The highest BCUT2D eigenvalue weighted by Gasteiger charge is 2.32. The SMILES string of the molecule is Cn1cncc1CN1CCN(C2c3ccc(Cl)cc3CCc3cccnc32)CC1. The van der Waals surface area contributed by atoms with Gasteiger partial charge in [-0.3, -0.25) is 14.8 Å². The van der Waals surface area contributed by atoms with Crippen LogP contribution in [0.1, 0.15) is 34.1 Å². The fourth-order valence-electron chi connectivity index (χ4n) is 4.70. The van der Waals surface area contributed by atoms with E-state index in [0.29, 0.717) is 0 Å². The Labute approximate surface area is 176 Å². The van der Waals surface area contributed by atoms with Crippen molar-refractivity contribution >= 4 is 11.6 Å². The van der Waals surface area contributed by atoms with E-state index in [9.17, 15) is 0 Å². The lowest BCUT2D eigenvalue weighted by Gasteiger charge is -2.39. The van der Waals surface area contributed by atoms with Crippen molar-refractivity contribution in [1.29, 1.82) is 0 Å². The highest BCUT2D eigenvalue weighted by Crippen LogP contribution is 2.37. The third-order valence-electron chi connectivity index (χ3n) is 6.32. The maximum atomic E-state index is 6.33. The molecule has 1 aliphatic carbocycles. The summed E-state index contributed by atoms with van der Waals surface area (Å²) in [6.45, 7) is 5.11. The highest BCUT2D eigenvalue weighted by molar-refractivity contribution is 6.30. The Balaban J connectivity index is 1.41. The number of fused-ring (bicyclic) bond motifs is 2. The monoisotopic (exact) mass is 407 g/mol. The standard InChI is InChI=1S/C23H26ClN5/c1-27-16-25-14-20(27)15-28-9-11-29(12-10-28)23-21-7-6-19(24)13-18(21)5-4-17-3-2-8-26-22(17)23/h2-3,6-8,13-14,16,23H,4-5,9-12,15H2,1H3. The van der Waals surface area contributed by atoms with Crippen molar-refractivity contribution in [2.75, 3.05) is 26.2 Å². The van der Waals surface area contributed by atoms with Crippen LogP contribution < -0.4 is 0 Å². The fourth-order valence-corrected chi connectivity index (χ4v) is 4.89. The molecule has 0 bridgehead atoms. The summed E-state index contributed by atoms with van der Waals surface area (Å²) in [5.41, 5.74) is 6.57. The van der Waals surface area contributed by atoms with Crippen LogP contribution in [0.2, 0.25) is 5.02 Å². The Bertz CT molecular complexity index is 1010. The molecule has 0 spiro atoms. The van der Waals surface area contributed by atoms with E-state index in [2.05, 4.69) is 50.7 Å². The lowest BCUT2D eigenvalue weighted by molar-refractivity contribution is 0.102. The van der Waals surface area contributed by atoms with Gasteiger partial charge in [-0.05, 0) is 47.7 Å². The van der Waals surface area contributed by atoms with Gasteiger partial charge >= 0.3 is 0 Å². The molecule has 3 heterocycles. The van der Waals surface area contributed by atoms with E-state index in [1.54, 1.807) is 0 Å². The van der Waals surface area contributed by atoms with Crippen LogP contribution in [0, 0.1) is 0 Å². The van der Waals surface area contributed by atoms with E-state index in [1.807, 2.05) is 24.8 Å². The number of halogens is 1. The van der Waals surface area contributed by atoms with Crippen molar-refractivity contribution in [2.45, 2.75) is 25.4 Å². The first-order valence-electron chi connectivity index (χ1n) is 10.3. The molecule has 5 rings (SSSR count). The lowest BCUT2D eigenvalue weighted by atomic mass is 9.96. The minimum atomic E-state index is 0.208. The van der Waals surface area contributed by atoms with Gasteiger partial charge in [0.1, 0.15) is 0 Å². The van der Waals surface area contributed by atoms with Gasteiger partial charge in [0.2, 0.25) is 0 Å². The normalized spacial score (nSPS) is 20.1. The van der Waals surface area contributed by atoms with Crippen LogP contribution in [-0.2, 0) is 26.4 Å². The highest BCUT2D eigenvalue weighted by atomic mass is 35.5. The molecule has 150 valence electrons. The average molecular weight is 408 g/mol. The zero-order valence-electron chi connectivity index (χ0n) is 16.8. The number of hydrogen-bond donors (Lipinski definition) is 0. The van der Waals surface area contributed by atoms with E-state index < -0.39 is 0 Å². The molecule has 29 heavy (non-hydrogen) atoms. The Hall–Kier alpha value is -2.21. The third-order valence-corrected chi connectivity index (χ3v) is 6.56. The summed E-state index contributed by atoms with van der Waals surface area (Å²) in [6, 6.07) is 10.9. The molecule has 3 aromatic rings. The molecule has 5 nitrogen and oxygen atoms in total. The number of pyridine rings is 1. The maximum absolute atomic E-state index is 6.33. The predicted molar refractivity (Wildman–Crippen MR) is 115 cm³/mol. The number of piperazine rings is 1. The predicted octanol–water partition coefficient (Wildman–Crippen LogP) is 3.47. The molecule has 0 saturated carbocycles. The Morgan fingerprint density at radius 2 is 1.90 bits per heavy atom. The molecular weight excluding hydrogens is 382 g/mol. The molecule has 2 aromatic heterocycles. The lowest BCUT2D eigenvalue weighted by Crippen LogP contribution is -2.47. The second kappa shape index (κ2) is 7.90. The molecule has 1 aromatic carbocycles. The Morgan fingerprint density at radius 3 is 2.69 bits per heavy atom. The average Bonchev–Trinajstić information content (AvgIpc) is 3.06. The summed E-state index contributed by atoms with van der Waals surface area (Å²) in [6.07, 6.45) is 7.82. The topological polar surface area (TPSA) is 37.2 Å². The minimum absolute atomic E-state index is 0.208. The number of aryl methyl sites for hydroxylation is 3. The van der Waals surface area contributed by atoms with Crippen LogP contribution in [0.5, 0.6) is 0 Å². The molecule has 0 N–H and O–H groups in total. The van der Waals surface area contributed by atoms with Crippen LogP contribution in [0.25, 0.3) is 0 Å². The van der Waals surface area contributed by atoms with Crippen molar-refractivity contribution in [3.8, 4) is 0 Å². The number of rotatable bonds is 3. The first-order chi connectivity index (χ1) is 14.2. The first-order valence-corrected chi connectivity index (χ1v) is 10.7. The zero-order valence-corrected chi connectivity index (χ0v) is 17.5. The molecule has 1 aliphatic heterocycles. The van der Waals surface area contributed by atoms with Crippen LogP contribution in [0.3, 0.4) is 0 Å². The van der Waals surface area contributed by atoms with Gasteiger partial charge < -0.3 is 4.57 Å². The van der Waals surface area contributed by atoms with Gasteiger partial charge in [0.25, 0.3) is 0 Å². The van der Waals surface area contributed by atoms with Gasteiger partial charge in [-0.15, -0.1) is 0 Å². The second-order valence-corrected chi connectivity index (χ2v) is 8.54. The molecule has 0 radical (unpaired) electrons. The second-order valence-electron chi connectivity index (χ2n) is 8.10. The largest absolute Gasteiger partial charge is 0.337 e. The molecule has 6 heteroatoms. The van der Waals surface area contributed by atoms with Crippen LogP contribution in [0.4, 0.5) is 0 Å². The smallest absolute Gasteiger partial charge is 0.0945 e. The van der Waals surface area contributed by atoms with Crippen molar-refractivity contribution in [3.63, 3.8) is 0 Å². The maximum Gasteiger partial charge on any atom is 0.0945 e. The van der Waals surface area contributed by atoms with E-state index >= 15 is 0 Å². The van der Waals surface area contributed by atoms with E-state index in [-0.39, 0.29) is 6.04 Å². The summed E-state index contributed by atoms with van der Waals surface area (Å²) in [5.74, 6) is 0. The number of aromatic nitrogens is 3. The molecular formula is C23H26ClN5. The summed E-state index contributed by atoms with van der Waals surface area (Å²) < 4.78 is 2.11. The molecule has 1 unspecified atom stereocenters. The number of imidazole rings is 1. The van der Waals surface area contributed by atoms with E-state index in [0.717, 1.165) is 50.6 Å². The minimum Gasteiger partial charge on any atom is -0.337 e. The molecule has 1 atom stereocenters. The van der Waals surface area contributed by atoms with Crippen molar-refractivity contribution in [1.82, 2.24) is 24.3 Å². The molecule has 1 fully saturated rings. The van der Waals surface area contributed by atoms with Gasteiger partial charge in [-0.2, -0.15) is 0 Å². The van der Waals surface area contributed by atoms with E-state index in [4.69, 9.17) is 16.6 Å². The molecule has 0 amide bonds. The van der Waals surface area contributed by atoms with Crippen molar-refractivity contribution in [3.05, 3.63) is 82.2 Å². The van der Waals surface area contributed by atoms with Gasteiger partial charge in [0, 0.05) is 57.2 Å². The van der Waals surface area contributed by atoms with Gasteiger partial charge in [0.05, 0.1) is 23.8 Å². The Morgan fingerprint density at radius 1 is 1.07 bits per heavy atom. The first kappa shape index (κ1) is 18.8. The molecule has 2 aliphatic rings. The summed E-state index contributed by atoms with van der Waals surface area (Å²) >= 11 is 6.33. The third kappa shape index (κ3) is 3.70. The Kier molecular flexibility index (Phi) is 5.12. The quantitative estimate of drug-likeness (QED) is 0.666. The van der Waals surface area contributed by atoms with Gasteiger partial charge in [-0.25, -0.2) is 4.98 Å². The van der Waals surface area contributed by atoms with Crippen molar-refractivity contribution < 1.29 is 0 Å². The zero-order chi connectivity index (χ0) is 19.8. The van der Waals surface area contributed by atoms with Crippen LogP contribution in [0.15, 0.2) is 49.1 Å². The fraction of sp³-hybridized carbons (Fsp3) is 0.391.